The molecule has 0 aromatic carbocycles. The molecule has 1 saturated heterocycles. The number of ether oxygens (including phenoxy) is 2. The summed E-state index contributed by atoms with van der Waals surface area (Å²) in [5.74, 6) is 0.513. The average molecular weight is 251 g/mol. The van der Waals surface area contributed by atoms with E-state index in [1.54, 1.807) is 0 Å². The first kappa shape index (κ1) is 11.0. The first-order chi connectivity index (χ1) is 6.02. The van der Waals surface area contributed by atoms with Gasteiger partial charge in [-0.15, -0.1) is 0 Å². The molecule has 0 bridgehead atoms. The summed E-state index contributed by atoms with van der Waals surface area (Å²) in [6.07, 6.45) is -0.166. The van der Waals surface area contributed by atoms with E-state index in [-0.39, 0.29) is 17.1 Å². The Bertz CT molecular complexity index is 195. The van der Waals surface area contributed by atoms with E-state index in [9.17, 15) is 4.79 Å². The molecule has 0 radical (unpaired) electrons. The van der Waals surface area contributed by atoms with E-state index in [1.807, 2.05) is 0 Å². The van der Waals surface area contributed by atoms with Crippen molar-refractivity contribution in [2.45, 2.75) is 31.9 Å². The average Bonchev–Trinajstić information content (AvgIpc) is 2.05. The monoisotopic (exact) mass is 250 g/mol. The lowest BCUT2D eigenvalue weighted by Crippen LogP contribution is -2.43. The number of alkyl halides is 1. The Morgan fingerprint density at radius 3 is 2.69 bits per heavy atom. The van der Waals surface area contributed by atoms with Crippen LogP contribution >= 0.6 is 15.9 Å². The number of hydrogen-bond donors (Lipinski definition) is 0. The molecular formula is C9H15BrO3. The molecule has 3 nitrogen and oxygen atoms in total. The molecule has 1 aliphatic heterocycles. The predicted octanol–water partition coefficient (Wildman–Crippen LogP) is 1.94. The summed E-state index contributed by atoms with van der Waals surface area (Å²) in [6, 6.07) is 0. The molecule has 13 heavy (non-hydrogen) atoms. The van der Waals surface area contributed by atoms with Gasteiger partial charge in [0.2, 0.25) is 0 Å². The maximum Gasteiger partial charge on any atom is 0.303 e. The van der Waals surface area contributed by atoms with Crippen LogP contribution in [0.1, 0.15) is 20.8 Å². The number of esters is 1. The van der Waals surface area contributed by atoms with E-state index < -0.39 is 0 Å². The Hall–Kier alpha value is -0.0900. The Balaban J connectivity index is 2.60. The number of carbonyl (C=O) groups is 1. The van der Waals surface area contributed by atoms with Crippen LogP contribution in [-0.4, -0.2) is 23.7 Å². The van der Waals surface area contributed by atoms with Crippen molar-refractivity contribution in [3.63, 3.8) is 0 Å². The standard InChI is InChI=1S/C9H15BrO3/c1-5-4-12-9(10)8(6(5)2)13-7(3)11/h5-6,8-9H,4H2,1-3H3/t5-,6+,8-,9+/m1/s1. The zero-order valence-corrected chi connectivity index (χ0v) is 9.71. The molecular weight excluding hydrogens is 236 g/mol. The summed E-state index contributed by atoms with van der Waals surface area (Å²) in [7, 11) is 0. The summed E-state index contributed by atoms with van der Waals surface area (Å²) in [5.41, 5.74) is 0. The molecule has 4 atom stereocenters. The van der Waals surface area contributed by atoms with Gasteiger partial charge in [-0.25, -0.2) is 0 Å². The summed E-state index contributed by atoms with van der Waals surface area (Å²) in [5, 5.41) is -0.164. The third-order valence-electron chi connectivity index (χ3n) is 2.49. The van der Waals surface area contributed by atoms with E-state index in [0.29, 0.717) is 11.8 Å². The topological polar surface area (TPSA) is 35.5 Å². The molecule has 76 valence electrons. The smallest absolute Gasteiger partial charge is 0.303 e. The lowest BCUT2D eigenvalue weighted by atomic mass is 9.89. The summed E-state index contributed by atoms with van der Waals surface area (Å²) >= 11 is 3.35. The van der Waals surface area contributed by atoms with Gasteiger partial charge >= 0.3 is 5.97 Å². The Morgan fingerprint density at radius 2 is 2.15 bits per heavy atom. The van der Waals surface area contributed by atoms with Gasteiger partial charge in [0.1, 0.15) is 11.1 Å². The normalized spacial score (nSPS) is 40.0. The Kier molecular flexibility index (Phi) is 3.74. The van der Waals surface area contributed by atoms with Gasteiger partial charge in [0, 0.05) is 12.8 Å². The molecule has 0 unspecified atom stereocenters. The van der Waals surface area contributed by atoms with Crippen molar-refractivity contribution in [3.8, 4) is 0 Å². The second-order valence-electron chi connectivity index (χ2n) is 3.59. The second-order valence-corrected chi connectivity index (χ2v) is 4.50. The highest BCUT2D eigenvalue weighted by Crippen LogP contribution is 2.30. The maximum atomic E-state index is 10.8. The van der Waals surface area contributed by atoms with Gasteiger partial charge in [-0.1, -0.05) is 29.8 Å². The fraction of sp³-hybridized carbons (Fsp3) is 0.889. The van der Waals surface area contributed by atoms with Gasteiger partial charge in [0.25, 0.3) is 0 Å². The fourth-order valence-electron chi connectivity index (χ4n) is 1.41. The van der Waals surface area contributed by atoms with Crippen molar-refractivity contribution in [2.24, 2.45) is 11.8 Å². The molecule has 1 fully saturated rings. The van der Waals surface area contributed by atoms with Crippen LogP contribution in [0.15, 0.2) is 0 Å². The van der Waals surface area contributed by atoms with Crippen LogP contribution in [0.3, 0.4) is 0 Å². The quantitative estimate of drug-likeness (QED) is 0.527. The van der Waals surface area contributed by atoms with Crippen LogP contribution in [0.4, 0.5) is 0 Å². The van der Waals surface area contributed by atoms with Gasteiger partial charge in [0.15, 0.2) is 0 Å². The van der Waals surface area contributed by atoms with Crippen molar-refractivity contribution in [3.05, 3.63) is 0 Å². The van der Waals surface area contributed by atoms with Gasteiger partial charge < -0.3 is 9.47 Å². The summed E-state index contributed by atoms with van der Waals surface area (Å²) in [6.45, 7) is 6.32. The van der Waals surface area contributed by atoms with Gasteiger partial charge in [-0.3, -0.25) is 4.79 Å². The van der Waals surface area contributed by atoms with Gasteiger partial charge in [-0.2, -0.15) is 0 Å². The minimum absolute atomic E-state index is 0.164. The first-order valence-corrected chi connectivity index (χ1v) is 5.37. The van der Waals surface area contributed by atoms with E-state index in [4.69, 9.17) is 9.47 Å². The molecule has 1 heterocycles. The lowest BCUT2D eigenvalue weighted by Gasteiger charge is -2.36. The van der Waals surface area contributed by atoms with Crippen molar-refractivity contribution in [1.82, 2.24) is 0 Å². The maximum absolute atomic E-state index is 10.8. The molecule has 1 aliphatic rings. The molecule has 0 spiro atoms. The number of rotatable bonds is 1. The van der Waals surface area contributed by atoms with Crippen LogP contribution in [0.25, 0.3) is 0 Å². The molecule has 0 aromatic rings. The third-order valence-corrected chi connectivity index (χ3v) is 3.28. The molecule has 0 aromatic heterocycles. The van der Waals surface area contributed by atoms with Crippen molar-refractivity contribution in [2.75, 3.05) is 6.61 Å². The number of carbonyl (C=O) groups excluding carboxylic acids is 1. The van der Waals surface area contributed by atoms with Crippen LogP contribution in [0.2, 0.25) is 0 Å². The zero-order valence-electron chi connectivity index (χ0n) is 8.12. The number of halogens is 1. The van der Waals surface area contributed by atoms with Crippen LogP contribution in [0.5, 0.6) is 0 Å². The summed E-state index contributed by atoms with van der Waals surface area (Å²) in [4.78, 5) is 10.8. The largest absolute Gasteiger partial charge is 0.459 e. The molecule has 0 saturated carbocycles. The van der Waals surface area contributed by atoms with E-state index in [0.717, 1.165) is 6.61 Å². The first-order valence-electron chi connectivity index (χ1n) is 4.45. The van der Waals surface area contributed by atoms with Gasteiger partial charge in [0.05, 0.1) is 6.61 Å². The molecule has 0 N–H and O–H groups in total. The van der Waals surface area contributed by atoms with Crippen molar-refractivity contribution in [1.29, 1.82) is 0 Å². The van der Waals surface area contributed by atoms with E-state index in [2.05, 4.69) is 29.8 Å². The Labute approximate surface area is 86.9 Å². The number of hydrogen-bond acceptors (Lipinski definition) is 3. The Morgan fingerprint density at radius 1 is 1.54 bits per heavy atom. The SMILES string of the molecule is CC(=O)O[C@@H]1[C@@H](C)[C@H](C)CO[C@@H]1Br. The lowest BCUT2D eigenvalue weighted by molar-refractivity contribution is -0.163. The molecule has 0 amide bonds. The zero-order chi connectivity index (χ0) is 10.0. The van der Waals surface area contributed by atoms with E-state index >= 15 is 0 Å². The minimum Gasteiger partial charge on any atom is -0.459 e. The highest BCUT2D eigenvalue weighted by Gasteiger charge is 2.36. The van der Waals surface area contributed by atoms with Crippen LogP contribution in [-0.2, 0) is 14.3 Å². The van der Waals surface area contributed by atoms with Crippen LogP contribution in [0, 0.1) is 11.8 Å². The minimum atomic E-state index is -0.251. The van der Waals surface area contributed by atoms with Gasteiger partial charge in [-0.05, 0) is 5.92 Å². The third kappa shape index (κ3) is 2.68. The summed E-state index contributed by atoms with van der Waals surface area (Å²) < 4.78 is 10.6. The molecule has 1 rings (SSSR count). The van der Waals surface area contributed by atoms with E-state index in [1.165, 1.54) is 6.92 Å². The van der Waals surface area contributed by atoms with Crippen molar-refractivity contribution >= 4 is 21.9 Å². The highest BCUT2D eigenvalue weighted by atomic mass is 79.9. The van der Waals surface area contributed by atoms with Crippen LogP contribution < -0.4 is 0 Å². The highest BCUT2D eigenvalue weighted by molar-refractivity contribution is 9.09. The molecule has 0 aliphatic carbocycles. The second kappa shape index (κ2) is 4.42. The fourth-order valence-corrected chi connectivity index (χ4v) is 2.15. The molecule has 4 heteroatoms. The van der Waals surface area contributed by atoms with Crippen molar-refractivity contribution < 1.29 is 14.3 Å². The predicted molar refractivity (Wildman–Crippen MR) is 52.5 cm³/mol.